The fourth-order valence-corrected chi connectivity index (χ4v) is 2.91. The van der Waals surface area contributed by atoms with Gasteiger partial charge in [-0.05, 0) is 45.0 Å². The lowest BCUT2D eigenvalue weighted by Gasteiger charge is -2.38. The van der Waals surface area contributed by atoms with E-state index in [1.54, 1.807) is 4.90 Å². The number of carbonyl (C=O) groups excluding carboxylic acids is 1. The monoisotopic (exact) mass is 314 g/mol. The van der Waals surface area contributed by atoms with Crippen molar-refractivity contribution in [1.82, 2.24) is 9.80 Å². The van der Waals surface area contributed by atoms with Crippen LogP contribution in [-0.2, 0) is 0 Å². The van der Waals surface area contributed by atoms with Crippen LogP contribution in [0.5, 0.6) is 0 Å². The van der Waals surface area contributed by atoms with Gasteiger partial charge >= 0.3 is 0 Å². The highest BCUT2D eigenvalue weighted by Gasteiger charge is 2.19. The number of carbonyl (C=O) groups is 1. The van der Waals surface area contributed by atoms with Gasteiger partial charge in [0.05, 0.1) is 6.07 Å². The first kappa shape index (κ1) is 17.3. The molecule has 23 heavy (non-hydrogen) atoms. The Balaban J connectivity index is 2.00. The summed E-state index contributed by atoms with van der Waals surface area (Å²) in [5.74, 6) is -0.0785. The first-order valence-corrected chi connectivity index (χ1v) is 8.32. The Morgan fingerprint density at radius 3 is 2.30 bits per heavy atom. The summed E-state index contributed by atoms with van der Waals surface area (Å²) in [4.78, 5) is 18.7. The molecule has 0 bridgehead atoms. The lowest BCUT2D eigenvalue weighted by Crippen LogP contribution is -2.48. The number of nitriles is 1. The predicted molar refractivity (Wildman–Crippen MR) is 92.6 cm³/mol. The van der Waals surface area contributed by atoms with Gasteiger partial charge in [-0.2, -0.15) is 5.26 Å². The third-order valence-corrected chi connectivity index (χ3v) is 4.45. The maximum absolute atomic E-state index is 12.3. The second-order valence-electron chi connectivity index (χ2n) is 6.14. The van der Waals surface area contributed by atoms with Crippen LogP contribution in [0.4, 0.5) is 5.69 Å². The molecule has 1 saturated heterocycles. The maximum atomic E-state index is 12.3. The second kappa shape index (κ2) is 7.98. The summed E-state index contributed by atoms with van der Waals surface area (Å²) in [6.07, 6.45) is 0. The summed E-state index contributed by atoms with van der Waals surface area (Å²) in [6, 6.07) is 10.4. The van der Waals surface area contributed by atoms with Crippen LogP contribution in [0.3, 0.4) is 0 Å². The lowest BCUT2D eigenvalue weighted by molar-refractivity contribution is 0.0784. The minimum Gasteiger partial charge on any atom is -0.369 e. The molecule has 0 N–H and O–H groups in total. The normalized spacial score (nSPS) is 15.5. The molecule has 0 aliphatic carbocycles. The van der Waals surface area contributed by atoms with Gasteiger partial charge in [-0.1, -0.05) is 0 Å². The van der Waals surface area contributed by atoms with Crippen LogP contribution in [0, 0.1) is 11.3 Å². The van der Waals surface area contributed by atoms with E-state index in [9.17, 15) is 4.79 Å². The van der Waals surface area contributed by atoms with E-state index in [1.807, 2.05) is 37.3 Å². The molecule has 1 heterocycles. The molecule has 1 fully saturated rings. The molecule has 1 aliphatic heterocycles. The van der Waals surface area contributed by atoms with Gasteiger partial charge in [0.2, 0.25) is 0 Å². The van der Waals surface area contributed by atoms with E-state index >= 15 is 0 Å². The summed E-state index contributed by atoms with van der Waals surface area (Å²) in [5.41, 5.74) is 1.81. The second-order valence-corrected chi connectivity index (χ2v) is 6.14. The molecule has 0 saturated carbocycles. The van der Waals surface area contributed by atoms with Crippen molar-refractivity contribution in [3.8, 4) is 6.07 Å². The highest BCUT2D eigenvalue weighted by molar-refractivity contribution is 5.94. The molecule has 1 aromatic carbocycles. The molecule has 0 atom stereocenters. The van der Waals surface area contributed by atoms with Crippen LogP contribution >= 0.6 is 0 Å². The lowest BCUT2D eigenvalue weighted by atomic mass is 10.1. The molecular formula is C18H26N4O. The number of amides is 1. The molecule has 5 heteroatoms. The van der Waals surface area contributed by atoms with Crippen molar-refractivity contribution in [2.24, 2.45) is 0 Å². The molecule has 1 amide bonds. The zero-order valence-electron chi connectivity index (χ0n) is 14.3. The van der Waals surface area contributed by atoms with Crippen LogP contribution in [0.1, 0.15) is 31.1 Å². The van der Waals surface area contributed by atoms with Gasteiger partial charge in [0.15, 0.2) is 0 Å². The van der Waals surface area contributed by atoms with E-state index < -0.39 is 0 Å². The Morgan fingerprint density at radius 2 is 1.83 bits per heavy atom. The molecule has 1 aromatic rings. The SMILES string of the molecule is CCN(CC#N)C(=O)c1ccc(N2CCN(C(C)C)CC2)cc1. The molecular weight excluding hydrogens is 288 g/mol. The molecule has 0 spiro atoms. The van der Waals surface area contributed by atoms with Gasteiger partial charge in [0, 0.05) is 50.0 Å². The molecule has 5 nitrogen and oxygen atoms in total. The summed E-state index contributed by atoms with van der Waals surface area (Å²) < 4.78 is 0. The Hall–Kier alpha value is -2.06. The summed E-state index contributed by atoms with van der Waals surface area (Å²) in [5, 5.41) is 8.78. The minimum absolute atomic E-state index is 0.0785. The molecule has 0 radical (unpaired) electrons. The Labute approximate surface area is 139 Å². The number of anilines is 1. The topological polar surface area (TPSA) is 50.6 Å². The van der Waals surface area contributed by atoms with Crippen molar-refractivity contribution >= 4 is 11.6 Å². The van der Waals surface area contributed by atoms with Gasteiger partial charge in [-0.15, -0.1) is 0 Å². The quantitative estimate of drug-likeness (QED) is 0.782. The summed E-state index contributed by atoms with van der Waals surface area (Å²) >= 11 is 0. The van der Waals surface area contributed by atoms with Crippen LogP contribution in [-0.4, -0.2) is 61.0 Å². The maximum Gasteiger partial charge on any atom is 0.254 e. The highest BCUT2D eigenvalue weighted by Crippen LogP contribution is 2.19. The van der Waals surface area contributed by atoms with Gasteiger partial charge in [0.25, 0.3) is 5.91 Å². The molecule has 0 aromatic heterocycles. The van der Waals surface area contributed by atoms with Gasteiger partial charge in [-0.25, -0.2) is 0 Å². The fraction of sp³-hybridized carbons (Fsp3) is 0.556. The highest BCUT2D eigenvalue weighted by atomic mass is 16.2. The Bertz CT molecular complexity index is 553. The number of hydrogen-bond donors (Lipinski definition) is 0. The van der Waals surface area contributed by atoms with E-state index in [-0.39, 0.29) is 12.5 Å². The van der Waals surface area contributed by atoms with Gasteiger partial charge in [-0.3, -0.25) is 9.69 Å². The first-order valence-electron chi connectivity index (χ1n) is 8.32. The largest absolute Gasteiger partial charge is 0.369 e. The van der Waals surface area contributed by atoms with E-state index in [0.29, 0.717) is 18.2 Å². The third kappa shape index (κ3) is 4.23. The molecule has 2 rings (SSSR count). The van der Waals surface area contributed by atoms with E-state index in [1.165, 1.54) is 0 Å². The molecule has 1 aliphatic rings. The average molecular weight is 314 g/mol. The van der Waals surface area contributed by atoms with Crippen molar-refractivity contribution in [2.75, 3.05) is 44.2 Å². The van der Waals surface area contributed by atoms with Gasteiger partial charge in [0.1, 0.15) is 6.54 Å². The standard InChI is InChI=1S/C18H26N4O/c1-4-20(10-9-19)18(23)16-5-7-17(8-6-16)22-13-11-21(12-14-22)15(2)3/h5-8,15H,4,10-14H2,1-3H3. The summed E-state index contributed by atoms with van der Waals surface area (Å²) in [7, 11) is 0. The Morgan fingerprint density at radius 1 is 1.22 bits per heavy atom. The van der Waals surface area contributed by atoms with Crippen molar-refractivity contribution in [1.29, 1.82) is 5.26 Å². The zero-order chi connectivity index (χ0) is 16.8. The number of benzene rings is 1. The van der Waals surface area contributed by atoms with E-state index in [0.717, 1.165) is 31.9 Å². The van der Waals surface area contributed by atoms with Crippen molar-refractivity contribution in [3.05, 3.63) is 29.8 Å². The van der Waals surface area contributed by atoms with Crippen molar-refractivity contribution in [3.63, 3.8) is 0 Å². The Kier molecular flexibility index (Phi) is 6.00. The summed E-state index contributed by atoms with van der Waals surface area (Å²) in [6.45, 7) is 11.2. The molecule has 124 valence electrons. The van der Waals surface area contributed by atoms with E-state index in [4.69, 9.17) is 5.26 Å². The fourth-order valence-electron chi connectivity index (χ4n) is 2.91. The van der Waals surface area contributed by atoms with Crippen molar-refractivity contribution in [2.45, 2.75) is 26.8 Å². The smallest absolute Gasteiger partial charge is 0.254 e. The zero-order valence-corrected chi connectivity index (χ0v) is 14.3. The number of rotatable bonds is 5. The van der Waals surface area contributed by atoms with Crippen molar-refractivity contribution < 1.29 is 4.79 Å². The van der Waals surface area contributed by atoms with E-state index in [2.05, 4.69) is 23.6 Å². The number of hydrogen-bond acceptors (Lipinski definition) is 4. The predicted octanol–water partition coefficient (Wildman–Crippen LogP) is 2.20. The molecule has 0 unspecified atom stereocenters. The number of nitrogens with zero attached hydrogens (tertiary/aromatic N) is 4. The number of piperazine rings is 1. The average Bonchev–Trinajstić information content (AvgIpc) is 2.59. The van der Waals surface area contributed by atoms with Crippen LogP contribution in [0.2, 0.25) is 0 Å². The van der Waals surface area contributed by atoms with Crippen LogP contribution < -0.4 is 4.90 Å². The van der Waals surface area contributed by atoms with Crippen LogP contribution in [0.25, 0.3) is 0 Å². The first-order chi connectivity index (χ1) is 11.1. The van der Waals surface area contributed by atoms with Crippen LogP contribution in [0.15, 0.2) is 24.3 Å². The minimum atomic E-state index is -0.0785. The third-order valence-electron chi connectivity index (χ3n) is 4.45. The van der Waals surface area contributed by atoms with Gasteiger partial charge < -0.3 is 9.80 Å².